The van der Waals surface area contributed by atoms with E-state index in [0.29, 0.717) is 5.92 Å². The van der Waals surface area contributed by atoms with Crippen LogP contribution in [0.1, 0.15) is 49.7 Å². The first-order valence-corrected chi connectivity index (χ1v) is 5.15. The van der Waals surface area contributed by atoms with E-state index in [1.165, 1.54) is 37.9 Å². The van der Waals surface area contributed by atoms with Gasteiger partial charge in [-0.2, -0.15) is 0 Å². The van der Waals surface area contributed by atoms with Crippen molar-refractivity contribution in [2.24, 2.45) is 7.05 Å². The van der Waals surface area contributed by atoms with Gasteiger partial charge in [0.05, 0.1) is 0 Å². The summed E-state index contributed by atoms with van der Waals surface area (Å²) in [5, 5.41) is 8.36. The lowest BCUT2D eigenvalue weighted by atomic mass is 9.89. The van der Waals surface area contributed by atoms with E-state index in [4.69, 9.17) is 0 Å². The molecule has 0 aliphatic heterocycles. The molecule has 0 unspecified atom stereocenters. The van der Waals surface area contributed by atoms with Gasteiger partial charge < -0.3 is 4.57 Å². The minimum Gasteiger partial charge on any atom is -0.318 e. The van der Waals surface area contributed by atoms with Gasteiger partial charge in [-0.15, -0.1) is 10.2 Å². The lowest BCUT2D eigenvalue weighted by molar-refractivity contribution is 0.420. The molecule has 0 atom stereocenters. The number of hydrogen-bond donors (Lipinski definition) is 0. The molecule has 3 nitrogen and oxygen atoms in total. The second kappa shape index (κ2) is 3.48. The monoisotopic (exact) mass is 179 g/mol. The summed E-state index contributed by atoms with van der Waals surface area (Å²) in [7, 11) is 2.07. The summed E-state index contributed by atoms with van der Waals surface area (Å²) in [6, 6.07) is 0. The van der Waals surface area contributed by atoms with Crippen LogP contribution in [0.3, 0.4) is 0 Å². The van der Waals surface area contributed by atoms with Gasteiger partial charge in [-0.3, -0.25) is 0 Å². The highest BCUT2D eigenvalue weighted by atomic mass is 15.3. The highest BCUT2D eigenvalue weighted by Crippen LogP contribution is 2.31. The lowest BCUT2D eigenvalue weighted by Crippen LogP contribution is -2.10. The van der Waals surface area contributed by atoms with Gasteiger partial charge in [0, 0.05) is 13.0 Å². The average Bonchev–Trinajstić information content (AvgIpc) is 2.49. The maximum Gasteiger partial charge on any atom is 0.135 e. The summed E-state index contributed by atoms with van der Waals surface area (Å²) in [4.78, 5) is 0. The molecule has 0 N–H and O–H groups in total. The van der Waals surface area contributed by atoms with E-state index in [2.05, 4.69) is 21.8 Å². The molecule has 0 saturated heterocycles. The van der Waals surface area contributed by atoms with Crippen LogP contribution in [0.4, 0.5) is 0 Å². The smallest absolute Gasteiger partial charge is 0.135 e. The zero-order valence-electron chi connectivity index (χ0n) is 8.45. The third-order valence-electron chi connectivity index (χ3n) is 3.10. The summed E-state index contributed by atoms with van der Waals surface area (Å²) in [5.74, 6) is 2.89. The minimum absolute atomic E-state index is 0.667. The third-order valence-corrected chi connectivity index (χ3v) is 3.10. The Morgan fingerprint density at radius 1 is 1.15 bits per heavy atom. The van der Waals surface area contributed by atoms with Gasteiger partial charge in [0.25, 0.3) is 0 Å². The van der Waals surface area contributed by atoms with Crippen molar-refractivity contribution in [3.8, 4) is 0 Å². The third kappa shape index (κ3) is 1.60. The highest BCUT2D eigenvalue weighted by molar-refractivity contribution is 5.01. The van der Waals surface area contributed by atoms with Crippen LogP contribution >= 0.6 is 0 Å². The SMILES string of the molecule is Cc1nnc(C2CCCCC2)n1C. The van der Waals surface area contributed by atoms with Gasteiger partial charge in [0.15, 0.2) is 0 Å². The first-order valence-electron chi connectivity index (χ1n) is 5.15. The second-order valence-electron chi connectivity index (χ2n) is 4.00. The largest absolute Gasteiger partial charge is 0.318 e. The van der Waals surface area contributed by atoms with Gasteiger partial charge in [0.2, 0.25) is 0 Å². The van der Waals surface area contributed by atoms with Crippen molar-refractivity contribution in [3.63, 3.8) is 0 Å². The van der Waals surface area contributed by atoms with E-state index in [-0.39, 0.29) is 0 Å². The molecular formula is C10H17N3. The minimum atomic E-state index is 0.667. The summed E-state index contributed by atoms with van der Waals surface area (Å²) in [6.45, 7) is 2.01. The Morgan fingerprint density at radius 2 is 1.85 bits per heavy atom. The maximum absolute atomic E-state index is 4.25. The molecule has 1 aromatic rings. The first-order chi connectivity index (χ1) is 6.29. The number of rotatable bonds is 1. The van der Waals surface area contributed by atoms with E-state index in [0.717, 1.165) is 5.82 Å². The van der Waals surface area contributed by atoms with Crippen molar-refractivity contribution < 1.29 is 0 Å². The average molecular weight is 179 g/mol. The molecule has 13 heavy (non-hydrogen) atoms. The van der Waals surface area contributed by atoms with Crippen LogP contribution in [0, 0.1) is 6.92 Å². The molecular weight excluding hydrogens is 162 g/mol. The molecule has 0 aromatic carbocycles. The van der Waals surface area contributed by atoms with Gasteiger partial charge in [-0.25, -0.2) is 0 Å². The molecule has 0 bridgehead atoms. The van der Waals surface area contributed by atoms with Crippen LogP contribution in [-0.4, -0.2) is 14.8 Å². The van der Waals surface area contributed by atoms with Gasteiger partial charge >= 0.3 is 0 Å². The van der Waals surface area contributed by atoms with E-state index >= 15 is 0 Å². The van der Waals surface area contributed by atoms with E-state index in [1.807, 2.05) is 6.92 Å². The van der Waals surface area contributed by atoms with Crippen LogP contribution in [0.25, 0.3) is 0 Å². The van der Waals surface area contributed by atoms with Crippen molar-refractivity contribution in [1.29, 1.82) is 0 Å². The Labute approximate surface area is 79.2 Å². The first kappa shape index (κ1) is 8.73. The maximum atomic E-state index is 4.25. The fourth-order valence-electron chi connectivity index (χ4n) is 2.14. The summed E-state index contributed by atoms with van der Waals surface area (Å²) in [6.07, 6.45) is 6.71. The van der Waals surface area contributed by atoms with Crippen LogP contribution in [0.2, 0.25) is 0 Å². The topological polar surface area (TPSA) is 30.7 Å². The van der Waals surface area contributed by atoms with Gasteiger partial charge in [-0.05, 0) is 19.8 Å². The predicted molar refractivity (Wildman–Crippen MR) is 51.6 cm³/mol. The zero-order valence-corrected chi connectivity index (χ0v) is 8.45. The normalized spacial score (nSPS) is 19.2. The quantitative estimate of drug-likeness (QED) is 0.661. The molecule has 1 saturated carbocycles. The molecule has 1 fully saturated rings. The van der Waals surface area contributed by atoms with Crippen LogP contribution < -0.4 is 0 Å². The molecule has 0 radical (unpaired) electrons. The Kier molecular flexibility index (Phi) is 2.34. The second-order valence-corrected chi connectivity index (χ2v) is 4.00. The molecule has 2 rings (SSSR count). The fraction of sp³-hybridized carbons (Fsp3) is 0.800. The van der Waals surface area contributed by atoms with Crippen molar-refractivity contribution in [1.82, 2.24) is 14.8 Å². The summed E-state index contributed by atoms with van der Waals surface area (Å²) in [5.41, 5.74) is 0. The molecule has 3 heteroatoms. The fourth-order valence-corrected chi connectivity index (χ4v) is 2.14. The molecule has 1 aliphatic rings. The molecule has 1 aliphatic carbocycles. The lowest BCUT2D eigenvalue weighted by Gasteiger charge is -2.20. The highest BCUT2D eigenvalue weighted by Gasteiger charge is 2.20. The molecule has 1 heterocycles. The summed E-state index contributed by atoms with van der Waals surface area (Å²) >= 11 is 0. The van der Waals surface area contributed by atoms with E-state index in [1.54, 1.807) is 0 Å². The number of nitrogens with zero attached hydrogens (tertiary/aromatic N) is 3. The van der Waals surface area contributed by atoms with Crippen molar-refractivity contribution in [3.05, 3.63) is 11.6 Å². The molecule has 0 spiro atoms. The van der Waals surface area contributed by atoms with E-state index < -0.39 is 0 Å². The zero-order chi connectivity index (χ0) is 9.26. The molecule has 1 aromatic heterocycles. The Bertz CT molecular complexity index is 284. The van der Waals surface area contributed by atoms with Crippen LogP contribution in [0.15, 0.2) is 0 Å². The standard InChI is InChI=1S/C10H17N3/c1-8-11-12-10(13(8)2)9-6-4-3-5-7-9/h9H,3-7H2,1-2H3. The number of aromatic nitrogens is 3. The number of aryl methyl sites for hydroxylation is 1. The van der Waals surface area contributed by atoms with Crippen LogP contribution in [-0.2, 0) is 7.05 Å². The van der Waals surface area contributed by atoms with Crippen LogP contribution in [0.5, 0.6) is 0 Å². The van der Waals surface area contributed by atoms with Gasteiger partial charge in [0.1, 0.15) is 11.6 Å². The summed E-state index contributed by atoms with van der Waals surface area (Å²) < 4.78 is 2.13. The molecule has 72 valence electrons. The predicted octanol–water partition coefficient (Wildman–Crippen LogP) is 2.17. The number of hydrogen-bond acceptors (Lipinski definition) is 2. The van der Waals surface area contributed by atoms with Crippen molar-refractivity contribution in [2.45, 2.75) is 44.9 Å². The Hall–Kier alpha value is -0.860. The van der Waals surface area contributed by atoms with Crippen molar-refractivity contribution >= 4 is 0 Å². The van der Waals surface area contributed by atoms with E-state index in [9.17, 15) is 0 Å². The van der Waals surface area contributed by atoms with Gasteiger partial charge in [-0.1, -0.05) is 19.3 Å². The van der Waals surface area contributed by atoms with Crippen molar-refractivity contribution in [2.75, 3.05) is 0 Å². The Morgan fingerprint density at radius 3 is 2.38 bits per heavy atom. The Balaban J connectivity index is 2.18. The molecule has 0 amide bonds.